The number of benzene rings is 1. The Labute approximate surface area is 226 Å². The first-order chi connectivity index (χ1) is 18.5. The highest BCUT2D eigenvalue weighted by Gasteiger charge is 2.44. The molecule has 0 bridgehead atoms. The molecular weight excluding hydrogens is 529 g/mol. The Bertz CT molecular complexity index is 1400. The molecule has 1 saturated heterocycles. The first-order valence-corrected chi connectivity index (χ1v) is 14.4. The van der Waals surface area contributed by atoms with Crippen LogP contribution in [0.4, 0.5) is 19.0 Å². The number of likely N-dealkylation sites (N-methyl/N-ethyl adjacent to an activating group) is 1. The highest BCUT2D eigenvalue weighted by molar-refractivity contribution is 7.92. The lowest BCUT2D eigenvalue weighted by Crippen LogP contribution is -2.58. The number of hydrogen-bond donors (Lipinski definition) is 1. The summed E-state index contributed by atoms with van der Waals surface area (Å²) in [4.78, 5) is 10.8. The third-order valence-electron chi connectivity index (χ3n) is 7.74. The van der Waals surface area contributed by atoms with Crippen molar-refractivity contribution in [3.8, 4) is 11.1 Å². The second-order valence-electron chi connectivity index (χ2n) is 10.4. The van der Waals surface area contributed by atoms with Gasteiger partial charge in [-0.2, -0.15) is 13.2 Å². The van der Waals surface area contributed by atoms with E-state index in [1.807, 2.05) is 31.3 Å². The van der Waals surface area contributed by atoms with Crippen molar-refractivity contribution in [2.24, 2.45) is 0 Å². The molecule has 1 aliphatic heterocycles. The highest BCUT2D eigenvalue weighted by atomic mass is 32.2. The van der Waals surface area contributed by atoms with Crippen LogP contribution in [0, 0.1) is 0 Å². The van der Waals surface area contributed by atoms with E-state index in [-0.39, 0.29) is 10.9 Å². The number of halogens is 3. The van der Waals surface area contributed by atoms with Gasteiger partial charge in [-0.3, -0.25) is 9.88 Å². The van der Waals surface area contributed by atoms with Crippen molar-refractivity contribution >= 4 is 15.7 Å². The summed E-state index contributed by atoms with van der Waals surface area (Å²) >= 11 is 0. The molecule has 0 amide bonds. The van der Waals surface area contributed by atoms with E-state index in [0.717, 1.165) is 42.2 Å². The first kappa shape index (κ1) is 27.5. The molecule has 208 valence electrons. The van der Waals surface area contributed by atoms with E-state index in [0.29, 0.717) is 31.5 Å². The molecule has 0 radical (unpaired) electrons. The molecule has 3 aromatic rings. The van der Waals surface area contributed by atoms with Crippen LogP contribution in [0.25, 0.3) is 11.1 Å². The fourth-order valence-corrected chi connectivity index (χ4v) is 7.28. The molecule has 39 heavy (non-hydrogen) atoms. The third kappa shape index (κ3) is 5.66. The molecule has 1 N–H and O–H groups in total. The van der Waals surface area contributed by atoms with Crippen LogP contribution in [0.3, 0.4) is 0 Å². The lowest BCUT2D eigenvalue weighted by atomic mass is 9.89. The molecule has 0 spiro atoms. The van der Waals surface area contributed by atoms with Crippen molar-refractivity contribution in [3.63, 3.8) is 0 Å². The van der Waals surface area contributed by atoms with E-state index < -0.39 is 32.4 Å². The largest absolute Gasteiger partial charge is 0.417 e. The fourth-order valence-electron chi connectivity index (χ4n) is 5.48. The third-order valence-corrected chi connectivity index (χ3v) is 10.0. The normalized spacial score (nSPS) is 21.8. The molecule has 0 atom stereocenters. The van der Waals surface area contributed by atoms with Crippen molar-refractivity contribution < 1.29 is 26.3 Å². The summed E-state index contributed by atoms with van der Waals surface area (Å²) in [6.45, 7) is 1.52. The standard InChI is InChI=1S/C28H31F3N4O3S/c1-35-17-27(18-35,38-2)25-15-20(13-14-32-25)19-3-8-23(9-4-19)39(36,37)24-10-6-22(7-11-24)34-26-12-5-21(16-33-26)28(29,30)31/h3-5,8-9,12-16,22,24H,6-7,10-11,17-18H2,1-2H3,(H,33,34)/t22-,24-. The molecule has 1 aliphatic carbocycles. The minimum Gasteiger partial charge on any atom is -0.369 e. The number of nitrogens with zero attached hydrogens (tertiary/aromatic N) is 3. The summed E-state index contributed by atoms with van der Waals surface area (Å²) in [5.74, 6) is 0.352. The lowest BCUT2D eigenvalue weighted by Gasteiger charge is -2.46. The van der Waals surface area contributed by atoms with Crippen LogP contribution in [-0.2, 0) is 26.4 Å². The number of aromatic nitrogens is 2. The molecule has 7 nitrogen and oxygen atoms in total. The number of alkyl halides is 3. The van der Waals surface area contributed by atoms with Gasteiger partial charge in [0.05, 0.1) is 21.4 Å². The highest BCUT2D eigenvalue weighted by Crippen LogP contribution is 2.36. The van der Waals surface area contributed by atoms with Crippen LogP contribution in [0.15, 0.2) is 65.8 Å². The molecule has 2 aromatic heterocycles. The Morgan fingerprint density at radius 1 is 0.974 bits per heavy atom. The van der Waals surface area contributed by atoms with E-state index in [4.69, 9.17) is 4.74 Å². The van der Waals surface area contributed by atoms with Gasteiger partial charge < -0.3 is 10.1 Å². The van der Waals surface area contributed by atoms with Crippen LogP contribution in [0.2, 0.25) is 0 Å². The molecular formula is C28H31F3N4O3S. The number of ether oxygens (including phenoxy) is 1. The second-order valence-corrected chi connectivity index (χ2v) is 12.6. The fraction of sp³-hybridized carbons (Fsp3) is 0.429. The maximum atomic E-state index is 13.4. The van der Waals surface area contributed by atoms with Crippen LogP contribution < -0.4 is 5.32 Å². The Balaban J connectivity index is 1.22. The maximum Gasteiger partial charge on any atom is 0.417 e. The average Bonchev–Trinajstić information content (AvgIpc) is 2.91. The molecule has 2 fully saturated rings. The number of anilines is 1. The van der Waals surface area contributed by atoms with Crippen LogP contribution in [0.1, 0.15) is 36.9 Å². The molecule has 1 saturated carbocycles. The zero-order chi connectivity index (χ0) is 27.8. The van der Waals surface area contributed by atoms with Crippen molar-refractivity contribution in [3.05, 3.63) is 72.2 Å². The van der Waals surface area contributed by atoms with Gasteiger partial charge >= 0.3 is 6.18 Å². The number of methoxy groups -OCH3 is 1. The summed E-state index contributed by atoms with van der Waals surface area (Å²) in [7, 11) is 0.196. The topological polar surface area (TPSA) is 84.4 Å². The predicted molar refractivity (Wildman–Crippen MR) is 142 cm³/mol. The zero-order valence-electron chi connectivity index (χ0n) is 21.8. The van der Waals surface area contributed by atoms with Crippen molar-refractivity contribution in [2.45, 2.75) is 53.6 Å². The Morgan fingerprint density at radius 2 is 1.67 bits per heavy atom. The molecule has 11 heteroatoms. The number of rotatable bonds is 7. The summed E-state index contributed by atoms with van der Waals surface area (Å²) in [5.41, 5.74) is 1.47. The molecule has 2 aliphatic rings. The Hall–Kier alpha value is -3.02. The summed E-state index contributed by atoms with van der Waals surface area (Å²) in [6, 6.07) is 13.1. The van der Waals surface area contributed by atoms with Crippen molar-refractivity contribution in [2.75, 3.05) is 32.6 Å². The first-order valence-electron chi connectivity index (χ1n) is 12.8. The van der Waals surface area contributed by atoms with E-state index >= 15 is 0 Å². The molecule has 0 unspecified atom stereocenters. The number of sulfone groups is 1. The number of nitrogens with one attached hydrogen (secondary N) is 1. The Kier molecular flexibility index (Phi) is 7.43. The second kappa shape index (κ2) is 10.5. The summed E-state index contributed by atoms with van der Waals surface area (Å²) in [6.07, 6.45) is 0.212. The van der Waals surface area contributed by atoms with Gasteiger partial charge in [-0.25, -0.2) is 13.4 Å². The van der Waals surface area contributed by atoms with Gasteiger partial charge in [0.2, 0.25) is 0 Å². The maximum absolute atomic E-state index is 13.4. The van der Waals surface area contributed by atoms with Gasteiger partial charge in [0.1, 0.15) is 11.4 Å². The van der Waals surface area contributed by atoms with Crippen LogP contribution >= 0.6 is 0 Å². The molecule has 3 heterocycles. The van der Waals surface area contributed by atoms with Gasteiger partial charge in [0, 0.05) is 38.6 Å². The number of likely N-dealkylation sites (tertiary alicyclic amines) is 1. The number of hydrogen-bond acceptors (Lipinski definition) is 7. The predicted octanol–water partition coefficient (Wildman–Crippen LogP) is 5.15. The van der Waals surface area contributed by atoms with Crippen LogP contribution in [-0.4, -0.2) is 61.8 Å². The van der Waals surface area contributed by atoms with Gasteiger partial charge in [-0.15, -0.1) is 0 Å². The minimum absolute atomic E-state index is 0.0465. The molecule has 5 rings (SSSR count). The van der Waals surface area contributed by atoms with E-state index in [1.54, 1.807) is 25.4 Å². The lowest BCUT2D eigenvalue weighted by molar-refractivity contribution is -0.137. The van der Waals surface area contributed by atoms with E-state index in [2.05, 4.69) is 20.2 Å². The smallest absolute Gasteiger partial charge is 0.369 e. The molecule has 1 aromatic carbocycles. The van der Waals surface area contributed by atoms with Crippen LogP contribution in [0.5, 0.6) is 0 Å². The van der Waals surface area contributed by atoms with Crippen molar-refractivity contribution in [1.82, 2.24) is 14.9 Å². The zero-order valence-corrected chi connectivity index (χ0v) is 22.6. The number of pyridine rings is 2. The Morgan fingerprint density at radius 3 is 2.23 bits per heavy atom. The minimum atomic E-state index is -4.43. The van der Waals surface area contributed by atoms with E-state index in [9.17, 15) is 21.6 Å². The average molecular weight is 561 g/mol. The van der Waals surface area contributed by atoms with Gasteiger partial charge in [0.25, 0.3) is 0 Å². The van der Waals surface area contributed by atoms with E-state index in [1.165, 1.54) is 6.07 Å². The summed E-state index contributed by atoms with van der Waals surface area (Å²) in [5, 5.41) is 2.63. The van der Waals surface area contributed by atoms with Gasteiger partial charge in [-0.1, -0.05) is 12.1 Å². The van der Waals surface area contributed by atoms with Crippen molar-refractivity contribution in [1.29, 1.82) is 0 Å². The quantitative estimate of drug-likeness (QED) is 0.428. The monoisotopic (exact) mass is 560 g/mol. The van der Waals surface area contributed by atoms with Gasteiger partial charge in [0.15, 0.2) is 9.84 Å². The van der Waals surface area contributed by atoms with Gasteiger partial charge in [-0.05, 0) is 80.3 Å². The SMILES string of the molecule is COC1(c2cc(-c3ccc(S(=O)(=O)[C@H]4CC[C@H](Nc5ccc(C(F)(F)F)cn5)CC4)cc3)ccn2)CN(C)C1. The summed E-state index contributed by atoms with van der Waals surface area (Å²) < 4.78 is 70.8.